The lowest BCUT2D eigenvalue weighted by atomic mass is 9.98. The van der Waals surface area contributed by atoms with Gasteiger partial charge in [0.05, 0.1) is 12.0 Å². The number of hydrogen-bond acceptors (Lipinski definition) is 5. The first-order chi connectivity index (χ1) is 9.63. The molecular formula is C14H18N2O4. The summed E-state index contributed by atoms with van der Waals surface area (Å²) in [7, 11) is 1.56. The van der Waals surface area contributed by atoms with Crippen molar-refractivity contribution in [3.63, 3.8) is 0 Å². The maximum absolute atomic E-state index is 10.8. The summed E-state index contributed by atoms with van der Waals surface area (Å²) in [6.07, 6.45) is 2.72. The third-order valence-corrected chi connectivity index (χ3v) is 3.69. The predicted octanol–water partition coefficient (Wildman–Crippen LogP) is 2.01. The molecule has 1 aromatic rings. The number of benzene rings is 1. The average Bonchev–Trinajstić information content (AvgIpc) is 2.48. The van der Waals surface area contributed by atoms with Crippen molar-refractivity contribution < 1.29 is 14.5 Å². The molecule has 2 rings (SSSR count). The third kappa shape index (κ3) is 3.33. The molecule has 20 heavy (non-hydrogen) atoms. The van der Waals surface area contributed by atoms with E-state index in [0.717, 1.165) is 37.8 Å². The van der Waals surface area contributed by atoms with Gasteiger partial charge in [-0.3, -0.25) is 15.0 Å². The average molecular weight is 278 g/mol. The Labute approximate surface area is 117 Å². The Morgan fingerprint density at radius 3 is 2.70 bits per heavy atom. The van der Waals surface area contributed by atoms with Crippen LogP contribution in [-0.2, 0) is 11.3 Å². The number of piperidine rings is 1. The van der Waals surface area contributed by atoms with Gasteiger partial charge in [-0.2, -0.15) is 0 Å². The molecule has 0 saturated carbocycles. The van der Waals surface area contributed by atoms with Crippen LogP contribution in [0.1, 0.15) is 18.4 Å². The number of nitro benzene ring substituents is 1. The number of methoxy groups -OCH3 is 1. The highest BCUT2D eigenvalue weighted by Gasteiger charge is 2.20. The van der Waals surface area contributed by atoms with Crippen LogP contribution in [0.15, 0.2) is 18.2 Å². The summed E-state index contributed by atoms with van der Waals surface area (Å²) in [4.78, 5) is 23.4. The van der Waals surface area contributed by atoms with Gasteiger partial charge in [0.2, 0.25) is 0 Å². The van der Waals surface area contributed by atoms with E-state index < -0.39 is 4.92 Å². The molecule has 0 aliphatic carbocycles. The van der Waals surface area contributed by atoms with E-state index in [1.165, 1.54) is 6.07 Å². The van der Waals surface area contributed by atoms with Crippen LogP contribution < -0.4 is 4.74 Å². The lowest BCUT2D eigenvalue weighted by molar-refractivity contribution is -0.385. The zero-order valence-electron chi connectivity index (χ0n) is 11.4. The van der Waals surface area contributed by atoms with Gasteiger partial charge >= 0.3 is 0 Å². The quantitative estimate of drug-likeness (QED) is 0.468. The number of nitrogens with zero attached hydrogens (tertiary/aromatic N) is 2. The van der Waals surface area contributed by atoms with Gasteiger partial charge in [0.1, 0.15) is 12.0 Å². The Bertz CT molecular complexity index is 496. The topological polar surface area (TPSA) is 72.7 Å². The maximum atomic E-state index is 10.8. The first-order valence-electron chi connectivity index (χ1n) is 6.63. The number of non-ortho nitro benzene ring substituents is 1. The molecule has 1 heterocycles. The molecule has 108 valence electrons. The van der Waals surface area contributed by atoms with Crippen molar-refractivity contribution >= 4 is 12.0 Å². The molecule has 0 radical (unpaired) electrons. The van der Waals surface area contributed by atoms with Crippen molar-refractivity contribution in [3.05, 3.63) is 33.9 Å². The van der Waals surface area contributed by atoms with E-state index in [2.05, 4.69) is 4.90 Å². The maximum Gasteiger partial charge on any atom is 0.270 e. The van der Waals surface area contributed by atoms with Crippen LogP contribution >= 0.6 is 0 Å². The van der Waals surface area contributed by atoms with Crippen LogP contribution in [0.2, 0.25) is 0 Å². The van der Waals surface area contributed by atoms with Gasteiger partial charge in [-0.15, -0.1) is 0 Å². The summed E-state index contributed by atoms with van der Waals surface area (Å²) in [5.41, 5.74) is 0.884. The Hall–Kier alpha value is -1.95. The van der Waals surface area contributed by atoms with Gasteiger partial charge in [0.25, 0.3) is 5.69 Å². The molecule has 0 amide bonds. The predicted molar refractivity (Wildman–Crippen MR) is 73.7 cm³/mol. The first kappa shape index (κ1) is 14.5. The number of likely N-dealkylation sites (tertiary alicyclic amines) is 1. The monoisotopic (exact) mass is 278 g/mol. The van der Waals surface area contributed by atoms with E-state index in [1.807, 2.05) is 0 Å². The second kappa shape index (κ2) is 6.47. The van der Waals surface area contributed by atoms with Crippen LogP contribution in [0.5, 0.6) is 5.75 Å². The van der Waals surface area contributed by atoms with E-state index in [1.54, 1.807) is 19.2 Å². The van der Waals surface area contributed by atoms with Gasteiger partial charge in [-0.05, 0) is 32.0 Å². The Morgan fingerprint density at radius 1 is 1.45 bits per heavy atom. The lowest BCUT2D eigenvalue weighted by Crippen LogP contribution is -2.33. The summed E-state index contributed by atoms with van der Waals surface area (Å²) >= 11 is 0. The fourth-order valence-electron chi connectivity index (χ4n) is 2.49. The van der Waals surface area contributed by atoms with E-state index in [0.29, 0.717) is 12.3 Å². The molecule has 1 aliphatic rings. The molecule has 0 atom stereocenters. The number of rotatable bonds is 5. The van der Waals surface area contributed by atoms with Crippen LogP contribution in [0.4, 0.5) is 5.69 Å². The lowest BCUT2D eigenvalue weighted by Gasteiger charge is -2.29. The summed E-state index contributed by atoms with van der Waals surface area (Å²) in [6.45, 7) is 2.26. The van der Waals surface area contributed by atoms with Gasteiger partial charge in [-0.1, -0.05) is 0 Å². The highest BCUT2D eigenvalue weighted by atomic mass is 16.6. The Kier molecular flexibility index (Phi) is 4.68. The van der Waals surface area contributed by atoms with Crippen molar-refractivity contribution in [1.82, 2.24) is 4.90 Å². The number of carbonyl (C=O) groups excluding carboxylic acids is 1. The van der Waals surface area contributed by atoms with Crippen LogP contribution in [-0.4, -0.2) is 36.3 Å². The highest BCUT2D eigenvalue weighted by molar-refractivity contribution is 5.53. The van der Waals surface area contributed by atoms with Crippen LogP contribution in [0.25, 0.3) is 0 Å². The minimum absolute atomic E-state index is 0.0728. The van der Waals surface area contributed by atoms with Gasteiger partial charge in [0.15, 0.2) is 0 Å². The Morgan fingerprint density at radius 2 is 2.15 bits per heavy atom. The summed E-state index contributed by atoms with van der Waals surface area (Å²) in [5, 5.41) is 10.8. The van der Waals surface area contributed by atoms with Gasteiger partial charge in [-0.25, -0.2) is 0 Å². The second-order valence-electron chi connectivity index (χ2n) is 5.00. The SMILES string of the molecule is COc1ccc([N+](=O)[O-])cc1CN1CCC(C=O)CC1. The first-order valence-corrected chi connectivity index (χ1v) is 6.63. The zero-order chi connectivity index (χ0) is 14.5. The van der Waals surface area contributed by atoms with Crippen molar-refractivity contribution in [2.75, 3.05) is 20.2 Å². The Balaban J connectivity index is 2.09. The van der Waals surface area contributed by atoms with E-state index >= 15 is 0 Å². The molecule has 1 aliphatic heterocycles. The molecule has 0 bridgehead atoms. The van der Waals surface area contributed by atoms with E-state index in [9.17, 15) is 14.9 Å². The van der Waals surface area contributed by atoms with Crippen molar-refractivity contribution in [3.8, 4) is 5.75 Å². The number of aldehydes is 1. The smallest absolute Gasteiger partial charge is 0.270 e. The fraction of sp³-hybridized carbons (Fsp3) is 0.500. The number of ether oxygens (including phenoxy) is 1. The molecule has 0 N–H and O–H groups in total. The van der Waals surface area contributed by atoms with Crippen LogP contribution in [0, 0.1) is 16.0 Å². The molecule has 0 aromatic heterocycles. The summed E-state index contributed by atoms with van der Waals surface area (Å²) < 4.78 is 5.26. The second-order valence-corrected chi connectivity index (χ2v) is 5.00. The molecule has 0 unspecified atom stereocenters. The van der Waals surface area contributed by atoms with Crippen LogP contribution in [0.3, 0.4) is 0 Å². The molecule has 1 aromatic carbocycles. The van der Waals surface area contributed by atoms with Crippen molar-refractivity contribution in [1.29, 1.82) is 0 Å². The van der Waals surface area contributed by atoms with Gasteiger partial charge < -0.3 is 9.53 Å². The molecular weight excluding hydrogens is 260 g/mol. The minimum Gasteiger partial charge on any atom is -0.496 e. The zero-order valence-corrected chi connectivity index (χ0v) is 11.4. The van der Waals surface area contributed by atoms with Crippen molar-refractivity contribution in [2.45, 2.75) is 19.4 Å². The molecule has 1 saturated heterocycles. The highest BCUT2D eigenvalue weighted by Crippen LogP contribution is 2.26. The normalized spacial score (nSPS) is 16.9. The summed E-state index contributed by atoms with van der Waals surface area (Å²) in [6, 6.07) is 4.64. The number of carbonyl (C=O) groups is 1. The van der Waals surface area contributed by atoms with Gasteiger partial charge in [0, 0.05) is 30.2 Å². The molecule has 6 heteroatoms. The summed E-state index contributed by atoms with van der Waals surface area (Å²) in [5.74, 6) is 0.811. The number of hydrogen-bond donors (Lipinski definition) is 0. The largest absolute Gasteiger partial charge is 0.496 e. The third-order valence-electron chi connectivity index (χ3n) is 3.69. The molecule has 0 spiro atoms. The van der Waals surface area contributed by atoms with Crippen molar-refractivity contribution in [2.24, 2.45) is 5.92 Å². The van der Waals surface area contributed by atoms with E-state index in [-0.39, 0.29) is 11.6 Å². The molecule has 6 nitrogen and oxygen atoms in total. The fourth-order valence-corrected chi connectivity index (χ4v) is 2.49. The standard InChI is InChI=1S/C14H18N2O4/c1-20-14-3-2-13(16(18)19)8-12(14)9-15-6-4-11(10-17)5-7-15/h2-3,8,10-11H,4-7,9H2,1H3. The number of nitro groups is 1. The van der Waals surface area contributed by atoms with E-state index in [4.69, 9.17) is 4.74 Å². The minimum atomic E-state index is -0.401. The molecule has 1 fully saturated rings.